The van der Waals surface area contributed by atoms with E-state index in [0.717, 1.165) is 0 Å². The van der Waals surface area contributed by atoms with Crippen molar-refractivity contribution in [3.63, 3.8) is 0 Å². The Morgan fingerprint density at radius 3 is 2.30 bits per heavy atom. The second-order valence-electron chi connectivity index (χ2n) is 5.64. The van der Waals surface area contributed by atoms with Crippen LogP contribution in [-0.4, -0.2) is 23.6 Å². The van der Waals surface area contributed by atoms with Crippen LogP contribution in [0.15, 0.2) is 75.9 Å². The fourth-order valence-corrected chi connectivity index (χ4v) is 3.24. The van der Waals surface area contributed by atoms with Crippen molar-refractivity contribution in [2.24, 2.45) is 10.2 Å². The number of anilines is 1. The molecule has 8 nitrogen and oxygen atoms in total. The number of hydrogen-bond acceptors (Lipinski definition) is 7. The molecule has 0 aliphatic rings. The molecule has 27 heavy (non-hydrogen) atoms. The average molecular weight is 384 g/mol. The van der Waals surface area contributed by atoms with Gasteiger partial charge in [-0.15, -0.1) is 0 Å². The van der Waals surface area contributed by atoms with Crippen molar-refractivity contribution < 1.29 is 18.6 Å². The minimum Gasteiger partial charge on any atom is -0.504 e. The van der Waals surface area contributed by atoms with Crippen molar-refractivity contribution in [1.29, 1.82) is 0 Å². The van der Waals surface area contributed by atoms with Crippen molar-refractivity contribution >= 4 is 27.2 Å². The largest absolute Gasteiger partial charge is 0.504 e. The number of azo groups is 1. The lowest BCUT2D eigenvalue weighted by Gasteiger charge is -2.07. The van der Waals surface area contributed by atoms with E-state index >= 15 is 0 Å². The SMILES string of the molecule is Cc1cc(N=Nc2ccc(S(=O)(=O)Nc3ccccn3)cc2)cc(O)c1O. The number of benzene rings is 2. The third-order valence-electron chi connectivity index (χ3n) is 3.60. The van der Waals surface area contributed by atoms with Crippen LogP contribution in [0.4, 0.5) is 17.2 Å². The first-order valence-electron chi connectivity index (χ1n) is 7.83. The smallest absolute Gasteiger partial charge is 0.263 e. The Kier molecular flexibility index (Phi) is 5.04. The zero-order valence-corrected chi connectivity index (χ0v) is 15.1. The van der Waals surface area contributed by atoms with Crippen molar-refractivity contribution in [2.45, 2.75) is 11.8 Å². The summed E-state index contributed by atoms with van der Waals surface area (Å²) in [5.41, 5.74) is 1.25. The molecule has 0 saturated carbocycles. The topological polar surface area (TPSA) is 124 Å². The van der Waals surface area contributed by atoms with Crippen LogP contribution in [0.5, 0.6) is 11.5 Å². The van der Waals surface area contributed by atoms with Gasteiger partial charge < -0.3 is 10.2 Å². The molecule has 0 amide bonds. The van der Waals surface area contributed by atoms with Crippen molar-refractivity contribution in [1.82, 2.24) is 4.98 Å². The van der Waals surface area contributed by atoms with E-state index in [0.29, 0.717) is 16.9 Å². The van der Waals surface area contributed by atoms with Crippen LogP contribution < -0.4 is 4.72 Å². The second kappa shape index (κ2) is 7.42. The molecular formula is C18H16N4O4S. The highest BCUT2D eigenvalue weighted by atomic mass is 32.2. The van der Waals surface area contributed by atoms with Gasteiger partial charge in [-0.25, -0.2) is 13.4 Å². The summed E-state index contributed by atoms with van der Waals surface area (Å²) in [6, 6.07) is 13.6. The Balaban J connectivity index is 1.77. The molecular weight excluding hydrogens is 368 g/mol. The van der Waals surface area contributed by atoms with E-state index < -0.39 is 10.0 Å². The van der Waals surface area contributed by atoms with Gasteiger partial charge >= 0.3 is 0 Å². The Morgan fingerprint density at radius 1 is 0.963 bits per heavy atom. The fraction of sp³-hybridized carbons (Fsp3) is 0.0556. The number of nitrogens with one attached hydrogen (secondary N) is 1. The second-order valence-corrected chi connectivity index (χ2v) is 7.33. The maximum absolute atomic E-state index is 12.3. The van der Waals surface area contributed by atoms with Crippen LogP contribution in [0.25, 0.3) is 0 Å². The van der Waals surface area contributed by atoms with Crippen molar-refractivity contribution in [3.05, 3.63) is 66.4 Å². The minimum absolute atomic E-state index is 0.0604. The lowest BCUT2D eigenvalue weighted by molar-refractivity contribution is 0.401. The van der Waals surface area contributed by atoms with E-state index in [2.05, 4.69) is 19.9 Å². The van der Waals surface area contributed by atoms with Gasteiger partial charge in [-0.3, -0.25) is 4.72 Å². The maximum atomic E-state index is 12.3. The number of aryl methyl sites for hydroxylation is 1. The predicted octanol–water partition coefficient (Wildman–Crippen LogP) is 4.02. The highest BCUT2D eigenvalue weighted by Gasteiger charge is 2.14. The van der Waals surface area contributed by atoms with Gasteiger partial charge in [0.05, 0.1) is 16.3 Å². The Morgan fingerprint density at radius 2 is 1.67 bits per heavy atom. The molecule has 2 aromatic carbocycles. The minimum atomic E-state index is -3.76. The molecule has 3 N–H and O–H groups in total. The standard InChI is InChI=1S/C18H16N4O4S/c1-12-10-14(11-16(23)18(12)24)21-20-13-5-7-15(8-6-13)27(25,26)22-17-4-2-3-9-19-17/h2-11,23-24H,1H3,(H,19,22). The summed E-state index contributed by atoms with van der Waals surface area (Å²) in [5, 5.41) is 27.1. The van der Waals surface area contributed by atoms with Gasteiger partial charge in [0.2, 0.25) is 0 Å². The molecule has 138 valence electrons. The van der Waals surface area contributed by atoms with E-state index in [9.17, 15) is 18.6 Å². The summed E-state index contributed by atoms with van der Waals surface area (Å²) in [4.78, 5) is 3.99. The molecule has 0 bridgehead atoms. The zero-order valence-electron chi connectivity index (χ0n) is 14.2. The van der Waals surface area contributed by atoms with E-state index in [-0.39, 0.29) is 22.2 Å². The Hall–Kier alpha value is -3.46. The van der Waals surface area contributed by atoms with Gasteiger partial charge in [0.25, 0.3) is 10.0 Å². The number of aromatic nitrogens is 1. The third kappa shape index (κ3) is 4.39. The lowest BCUT2D eigenvalue weighted by Crippen LogP contribution is -2.13. The summed E-state index contributed by atoms with van der Waals surface area (Å²) in [6.45, 7) is 1.63. The van der Waals surface area contributed by atoms with Gasteiger partial charge in [-0.2, -0.15) is 10.2 Å². The summed E-state index contributed by atoms with van der Waals surface area (Å²) >= 11 is 0. The first kappa shape index (κ1) is 18.3. The predicted molar refractivity (Wildman–Crippen MR) is 100 cm³/mol. The molecule has 0 fully saturated rings. The van der Waals surface area contributed by atoms with Crippen molar-refractivity contribution in [2.75, 3.05) is 4.72 Å². The maximum Gasteiger partial charge on any atom is 0.263 e. The van der Waals surface area contributed by atoms with Gasteiger partial charge in [-0.1, -0.05) is 6.07 Å². The fourth-order valence-electron chi connectivity index (χ4n) is 2.23. The molecule has 9 heteroatoms. The number of pyridine rings is 1. The first-order valence-corrected chi connectivity index (χ1v) is 9.32. The highest BCUT2D eigenvalue weighted by molar-refractivity contribution is 7.92. The number of nitrogens with zero attached hydrogens (tertiary/aromatic N) is 3. The van der Waals surface area contributed by atoms with Gasteiger partial charge in [0, 0.05) is 12.3 Å². The van der Waals surface area contributed by atoms with Crippen LogP contribution in [0, 0.1) is 6.92 Å². The Labute approximate surface area is 155 Å². The molecule has 0 atom stereocenters. The first-order chi connectivity index (χ1) is 12.8. The molecule has 0 saturated heterocycles. The molecule has 0 aliphatic heterocycles. The van der Waals surface area contributed by atoms with Gasteiger partial charge in [0.15, 0.2) is 11.5 Å². The van der Waals surface area contributed by atoms with Crippen LogP contribution >= 0.6 is 0 Å². The lowest BCUT2D eigenvalue weighted by atomic mass is 10.2. The number of phenolic OH excluding ortho intramolecular Hbond substituents is 2. The number of rotatable bonds is 5. The summed E-state index contributed by atoms with van der Waals surface area (Å²) < 4.78 is 27.1. The molecule has 0 spiro atoms. The van der Waals surface area contributed by atoms with E-state index in [1.807, 2.05) is 0 Å². The molecule has 0 radical (unpaired) electrons. The third-order valence-corrected chi connectivity index (χ3v) is 4.97. The zero-order chi connectivity index (χ0) is 19.4. The number of hydrogen-bond donors (Lipinski definition) is 3. The van der Waals surface area contributed by atoms with E-state index in [4.69, 9.17) is 0 Å². The molecule has 0 aliphatic carbocycles. The van der Waals surface area contributed by atoms with E-state index in [1.165, 1.54) is 36.5 Å². The normalized spacial score (nSPS) is 11.6. The van der Waals surface area contributed by atoms with E-state index in [1.54, 1.807) is 31.2 Å². The number of aromatic hydroxyl groups is 2. The molecule has 1 aromatic heterocycles. The van der Waals surface area contributed by atoms with Crippen LogP contribution in [0.2, 0.25) is 0 Å². The molecule has 1 heterocycles. The summed E-state index contributed by atoms with van der Waals surface area (Å²) in [5.74, 6) is -0.265. The van der Waals surface area contributed by atoms with Crippen LogP contribution in [-0.2, 0) is 10.0 Å². The number of phenols is 2. The average Bonchev–Trinajstić information content (AvgIpc) is 2.65. The highest BCUT2D eigenvalue weighted by Crippen LogP contribution is 2.33. The molecule has 3 aromatic rings. The molecule has 0 unspecified atom stereocenters. The Bertz CT molecular complexity index is 1060. The van der Waals surface area contributed by atoms with Crippen LogP contribution in [0.3, 0.4) is 0 Å². The van der Waals surface area contributed by atoms with Crippen LogP contribution in [0.1, 0.15) is 5.56 Å². The van der Waals surface area contributed by atoms with Gasteiger partial charge in [-0.05, 0) is 55.0 Å². The number of sulfonamides is 1. The molecule has 3 rings (SSSR count). The van der Waals surface area contributed by atoms with Gasteiger partial charge in [0.1, 0.15) is 5.82 Å². The monoisotopic (exact) mass is 384 g/mol. The summed E-state index contributed by atoms with van der Waals surface area (Å²) in [6.07, 6.45) is 1.49. The van der Waals surface area contributed by atoms with Crippen molar-refractivity contribution in [3.8, 4) is 11.5 Å². The quantitative estimate of drug-likeness (QED) is 0.453. The summed E-state index contributed by atoms with van der Waals surface area (Å²) in [7, 11) is -3.76.